The molecule has 0 saturated carbocycles. The van der Waals surface area contributed by atoms with E-state index in [-0.39, 0.29) is 24.0 Å². The lowest BCUT2D eigenvalue weighted by Gasteiger charge is -2.03. The van der Waals surface area contributed by atoms with E-state index >= 15 is 0 Å². The molecule has 1 aromatic carbocycles. The molecule has 2 aromatic rings. The number of amides is 1. The minimum absolute atomic E-state index is 0.247. The summed E-state index contributed by atoms with van der Waals surface area (Å²) in [6.45, 7) is 0.275. The van der Waals surface area contributed by atoms with Gasteiger partial charge in [0.2, 0.25) is 0 Å². The lowest BCUT2D eigenvalue weighted by molar-refractivity contribution is 0.0923. The van der Waals surface area contributed by atoms with Gasteiger partial charge in [0.15, 0.2) is 5.76 Å². The Morgan fingerprint density at radius 2 is 2.19 bits per heavy atom. The zero-order valence-corrected chi connectivity index (χ0v) is 8.44. The minimum atomic E-state index is -0.315. The van der Waals surface area contributed by atoms with E-state index in [0.29, 0.717) is 5.56 Å². The number of carbonyl (C=O) groups is 1. The normalized spacial score (nSPS) is 10.1. The average molecular weight is 219 g/mol. The first-order valence-electron chi connectivity index (χ1n) is 4.82. The number of carbonyl (C=O) groups excluding carboxylic acids is 1. The number of rotatable bonds is 3. The van der Waals surface area contributed by atoms with Crippen LogP contribution in [-0.2, 0) is 6.54 Å². The van der Waals surface area contributed by atoms with Crippen LogP contribution in [0.1, 0.15) is 16.1 Å². The zero-order chi connectivity index (χ0) is 11.4. The van der Waals surface area contributed by atoms with Gasteiger partial charge in [-0.1, -0.05) is 12.1 Å². The van der Waals surface area contributed by atoms with Gasteiger partial charge < -0.3 is 9.73 Å². The van der Waals surface area contributed by atoms with Crippen LogP contribution in [0.3, 0.4) is 0 Å². The van der Waals surface area contributed by atoms with Crippen LogP contribution >= 0.6 is 0 Å². The summed E-state index contributed by atoms with van der Waals surface area (Å²) in [6, 6.07) is 9.29. The third kappa shape index (κ3) is 2.48. The Morgan fingerprint density at radius 3 is 2.88 bits per heavy atom. The number of hydrogen-bond donors (Lipinski definition) is 1. The molecule has 4 heteroatoms. The topological polar surface area (TPSA) is 42.2 Å². The molecule has 0 radical (unpaired) electrons. The molecule has 16 heavy (non-hydrogen) atoms. The SMILES string of the molecule is O=C(NCc1cccc(F)c1)c1ccco1. The Bertz CT molecular complexity index is 480. The highest BCUT2D eigenvalue weighted by atomic mass is 19.1. The fourth-order valence-electron chi connectivity index (χ4n) is 1.32. The van der Waals surface area contributed by atoms with Gasteiger partial charge in [0.25, 0.3) is 5.91 Å². The predicted molar refractivity (Wildman–Crippen MR) is 56.3 cm³/mol. The van der Waals surface area contributed by atoms with E-state index in [9.17, 15) is 9.18 Å². The second-order valence-corrected chi connectivity index (χ2v) is 3.29. The largest absolute Gasteiger partial charge is 0.459 e. The molecule has 2 rings (SSSR count). The first-order chi connectivity index (χ1) is 7.75. The van der Waals surface area contributed by atoms with E-state index in [2.05, 4.69) is 5.32 Å². The summed E-state index contributed by atoms with van der Waals surface area (Å²) in [6.07, 6.45) is 1.43. The molecule has 0 fully saturated rings. The van der Waals surface area contributed by atoms with Gasteiger partial charge >= 0.3 is 0 Å². The van der Waals surface area contributed by atoms with Gasteiger partial charge in [-0.05, 0) is 29.8 Å². The quantitative estimate of drug-likeness (QED) is 0.860. The van der Waals surface area contributed by atoms with Gasteiger partial charge in [-0.15, -0.1) is 0 Å². The van der Waals surface area contributed by atoms with Crippen molar-refractivity contribution in [2.45, 2.75) is 6.54 Å². The van der Waals surface area contributed by atoms with Gasteiger partial charge in [0, 0.05) is 6.54 Å². The van der Waals surface area contributed by atoms with Gasteiger partial charge in [-0.25, -0.2) is 4.39 Å². The lowest BCUT2D eigenvalue weighted by Crippen LogP contribution is -2.22. The first kappa shape index (κ1) is 10.4. The predicted octanol–water partition coefficient (Wildman–Crippen LogP) is 2.35. The first-order valence-corrected chi connectivity index (χ1v) is 4.82. The molecule has 1 aromatic heterocycles. The van der Waals surface area contributed by atoms with Crippen molar-refractivity contribution in [1.29, 1.82) is 0 Å². The Hall–Kier alpha value is -2.10. The van der Waals surface area contributed by atoms with Gasteiger partial charge in [-0.3, -0.25) is 4.79 Å². The third-order valence-corrected chi connectivity index (χ3v) is 2.09. The van der Waals surface area contributed by atoms with E-state index in [1.807, 2.05) is 0 Å². The third-order valence-electron chi connectivity index (χ3n) is 2.09. The highest BCUT2D eigenvalue weighted by Gasteiger charge is 2.07. The highest BCUT2D eigenvalue weighted by molar-refractivity contribution is 5.91. The number of halogens is 1. The second kappa shape index (κ2) is 4.61. The Balaban J connectivity index is 1.95. The molecule has 0 aliphatic rings. The molecule has 0 atom stereocenters. The van der Waals surface area contributed by atoms with Crippen molar-refractivity contribution in [3.8, 4) is 0 Å². The van der Waals surface area contributed by atoms with Gasteiger partial charge in [-0.2, -0.15) is 0 Å². The summed E-state index contributed by atoms with van der Waals surface area (Å²) in [5, 5.41) is 2.63. The molecule has 0 bridgehead atoms. The van der Waals surface area contributed by atoms with Crippen LogP contribution in [0.25, 0.3) is 0 Å². The molecular weight excluding hydrogens is 209 g/mol. The number of hydrogen-bond acceptors (Lipinski definition) is 2. The maximum Gasteiger partial charge on any atom is 0.287 e. The Kier molecular flexibility index (Phi) is 3.00. The molecule has 1 N–H and O–H groups in total. The van der Waals surface area contributed by atoms with Crippen molar-refractivity contribution >= 4 is 5.91 Å². The highest BCUT2D eigenvalue weighted by Crippen LogP contribution is 2.04. The molecular formula is C12H10FNO2. The molecule has 0 spiro atoms. The van der Waals surface area contributed by atoms with Crippen molar-refractivity contribution in [2.75, 3.05) is 0 Å². The fourth-order valence-corrected chi connectivity index (χ4v) is 1.32. The van der Waals surface area contributed by atoms with Crippen LogP contribution in [0, 0.1) is 5.82 Å². The summed E-state index contributed by atoms with van der Waals surface area (Å²) < 4.78 is 17.8. The van der Waals surface area contributed by atoms with E-state index in [1.165, 1.54) is 18.4 Å². The van der Waals surface area contributed by atoms with Gasteiger partial charge in [0.05, 0.1) is 6.26 Å². The summed E-state index contributed by atoms with van der Waals surface area (Å²) in [7, 11) is 0. The van der Waals surface area contributed by atoms with E-state index in [4.69, 9.17) is 4.42 Å². The van der Waals surface area contributed by atoms with Crippen LogP contribution in [0.15, 0.2) is 47.1 Å². The van der Waals surface area contributed by atoms with E-state index < -0.39 is 0 Å². The molecule has 0 saturated heterocycles. The lowest BCUT2D eigenvalue weighted by atomic mass is 10.2. The van der Waals surface area contributed by atoms with Crippen LogP contribution < -0.4 is 5.32 Å². The van der Waals surface area contributed by atoms with Crippen molar-refractivity contribution in [3.05, 3.63) is 59.8 Å². The Morgan fingerprint density at radius 1 is 1.31 bits per heavy atom. The number of furan rings is 1. The number of nitrogens with one attached hydrogen (secondary N) is 1. The fraction of sp³-hybridized carbons (Fsp3) is 0.0833. The Labute approximate surface area is 91.9 Å². The molecule has 3 nitrogen and oxygen atoms in total. The zero-order valence-electron chi connectivity index (χ0n) is 8.44. The molecule has 82 valence electrons. The molecule has 0 aliphatic heterocycles. The monoisotopic (exact) mass is 219 g/mol. The van der Waals surface area contributed by atoms with Gasteiger partial charge in [0.1, 0.15) is 5.82 Å². The molecule has 1 amide bonds. The maximum absolute atomic E-state index is 12.8. The summed E-state index contributed by atoms with van der Waals surface area (Å²) in [5.74, 6) is -0.379. The van der Waals surface area contributed by atoms with E-state index in [0.717, 1.165) is 0 Å². The summed E-state index contributed by atoms with van der Waals surface area (Å²) in [5.41, 5.74) is 0.708. The average Bonchev–Trinajstić information content (AvgIpc) is 2.79. The summed E-state index contributed by atoms with van der Waals surface area (Å²) >= 11 is 0. The minimum Gasteiger partial charge on any atom is -0.459 e. The standard InChI is InChI=1S/C12H10FNO2/c13-10-4-1-3-9(7-10)8-14-12(15)11-5-2-6-16-11/h1-7H,8H2,(H,14,15). The molecule has 0 unspecified atom stereocenters. The van der Waals surface area contributed by atoms with Crippen molar-refractivity contribution in [3.63, 3.8) is 0 Å². The van der Waals surface area contributed by atoms with Crippen LogP contribution in [-0.4, -0.2) is 5.91 Å². The molecule has 1 heterocycles. The maximum atomic E-state index is 12.8. The van der Waals surface area contributed by atoms with E-state index in [1.54, 1.807) is 24.3 Å². The van der Waals surface area contributed by atoms with Crippen LogP contribution in [0.5, 0.6) is 0 Å². The van der Waals surface area contributed by atoms with Crippen molar-refractivity contribution in [2.24, 2.45) is 0 Å². The smallest absolute Gasteiger partial charge is 0.287 e. The van der Waals surface area contributed by atoms with Crippen LogP contribution in [0.2, 0.25) is 0 Å². The van der Waals surface area contributed by atoms with Crippen molar-refractivity contribution < 1.29 is 13.6 Å². The van der Waals surface area contributed by atoms with Crippen LogP contribution in [0.4, 0.5) is 4.39 Å². The van der Waals surface area contributed by atoms with Crippen molar-refractivity contribution in [1.82, 2.24) is 5.32 Å². The second-order valence-electron chi connectivity index (χ2n) is 3.29. The number of benzene rings is 1. The summed E-state index contributed by atoms with van der Waals surface area (Å²) in [4.78, 5) is 11.5. The molecule has 0 aliphatic carbocycles.